The summed E-state index contributed by atoms with van der Waals surface area (Å²) in [7, 11) is 0. The number of hydrogen-bond donors (Lipinski definition) is 2. The number of nitrogens with zero attached hydrogens (tertiary/aromatic N) is 3. The molecule has 134 valence electrons. The summed E-state index contributed by atoms with van der Waals surface area (Å²) in [4.78, 5) is 16.9. The highest BCUT2D eigenvalue weighted by Gasteiger charge is 2.30. The second kappa shape index (κ2) is 7.11. The van der Waals surface area contributed by atoms with E-state index in [4.69, 9.17) is 4.52 Å². The smallest absolute Gasteiger partial charge is 0.251 e. The third kappa shape index (κ3) is 3.37. The van der Waals surface area contributed by atoms with Crippen LogP contribution in [0.4, 0.5) is 0 Å². The van der Waals surface area contributed by atoms with Gasteiger partial charge in [0.25, 0.3) is 5.91 Å². The van der Waals surface area contributed by atoms with Crippen LogP contribution in [0.2, 0.25) is 0 Å². The van der Waals surface area contributed by atoms with Crippen molar-refractivity contribution in [3.8, 4) is 11.1 Å². The van der Waals surface area contributed by atoms with Crippen LogP contribution in [0, 0.1) is 0 Å². The second-order valence-corrected chi connectivity index (χ2v) is 6.65. The standard InChI is InChI=1S/C19H21N5O2/c1-2-17-23-19(26-24-17)14-7-8-16(9-14)22-18(25)13-5-3-12(4-6-13)15-10-20-21-11-15/h3-6,10-11,14,16H,2,7-9H2,1H3,(H,20,21)(H,22,25). The van der Waals surface area contributed by atoms with Gasteiger partial charge in [0.15, 0.2) is 5.82 Å². The highest BCUT2D eigenvalue weighted by atomic mass is 16.5. The molecule has 1 aromatic carbocycles. The van der Waals surface area contributed by atoms with E-state index in [0.717, 1.165) is 42.6 Å². The molecule has 2 N–H and O–H groups in total. The molecule has 2 atom stereocenters. The lowest BCUT2D eigenvalue weighted by Crippen LogP contribution is -2.32. The van der Waals surface area contributed by atoms with Crippen molar-refractivity contribution in [2.24, 2.45) is 0 Å². The predicted octanol–water partition coefficient (Wildman–Crippen LogP) is 3.09. The predicted molar refractivity (Wildman–Crippen MR) is 95.5 cm³/mol. The van der Waals surface area contributed by atoms with Gasteiger partial charge in [0, 0.05) is 35.7 Å². The van der Waals surface area contributed by atoms with E-state index in [1.165, 1.54) is 0 Å². The van der Waals surface area contributed by atoms with Crippen molar-refractivity contribution < 1.29 is 9.32 Å². The first-order valence-corrected chi connectivity index (χ1v) is 8.95. The van der Waals surface area contributed by atoms with Crippen molar-refractivity contribution in [3.05, 3.63) is 53.9 Å². The molecule has 0 aliphatic heterocycles. The van der Waals surface area contributed by atoms with Gasteiger partial charge < -0.3 is 9.84 Å². The van der Waals surface area contributed by atoms with Crippen molar-refractivity contribution in [2.75, 3.05) is 0 Å². The Hall–Kier alpha value is -2.96. The van der Waals surface area contributed by atoms with E-state index in [-0.39, 0.29) is 17.9 Å². The first kappa shape index (κ1) is 16.5. The van der Waals surface area contributed by atoms with E-state index >= 15 is 0 Å². The quantitative estimate of drug-likeness (QED) is 0.736. The minimum Gasteiger partial charge on any atom is -0.349 e. The summed E-state index contributed by atoms with van der Waals surface area (Å²) < 4.78 is 5.34. The Morgan fingerprint density at radius 1 is 1.27 bits per heavy atom. The van der Waals surface area contributed by atoms with Gasteiger partial charge >= 0.3 is 0 Å². The van der Waals surface area contributed by atoms with Crippen LogP contribution < -0.4 is 5.32 Å². The Bertz CT molecular complexity index is 870. The van der Waals surface area contributed by atoms with Crippen molar-refractivity contribution >= 4 is 5.91 Å². The fraction of sp³-hybridized carbons (Fsp3) is 0.368. The molecule has 7 heteroatoms. The molecule has 0 bridgehead atoms. The number of carbonyl (C=O) groups excluding carboxylic acids is 1. The number of aromatic amines is 1. The molecule has 0 radical (unpaired) electrons. The molecule has 2 heterocycles. The zero-order valence-corrected chi connectivity index (χ0v) is 14.6. The zero-order chi connectivity index (χ0) is 17.9. The van der Waals surface area contributed by atoms with Gasteiger partial charge in [-0.05, 0) is 37.0 Å². The molecule has 4 rings (SSSR count). The van der Waals surface area contributed by atoms with Crippen molar-refractivity contribution in [1.82, 2.24) is 25.7 Å². The molecule has 0 saturated heterocycles. The summed E-state index contributed by atoms with van der Waals surface area (Å²) in [5, 5.41) is 13.8. The Kier molecular flexibility index (Phi) is 4.51. The lowest BCUT2D eigenvalue weighted by atomic mass is 10.1. The van der Waals surface area contributed by atoms with Crippen molar-refractivity contribution in [3.63, 3.8) is 0 Å². The monoisotopic (exact) mass is 351 g/mol. The van der Waals surface area contributed by atoms with Crippen LogP contribution in [0.3, 0.4) is 0 Å². The Morgan fingerprint density at radius 3 is 2.81 bits per heavy atom. The summed E-state index contributed by atoms with van der Waals surface area (Å²) in [6.45, 7) is 2.00. The summed E-state index contributed by atoms with van der Waals surface area (Å²) in [5.41, 5.74) is 2.69. The minimum absolute atomic E-state index is 0.0471. The van der Waals surface area contributed by atoms with Gasteiger partial charge in [0.05, 0.1) is 6.20 Å². The van der Waals surface area contributed by atoms with Crippen LogP contribution in [-0.4, -0.2) is 32.3 Å². The molecule has 1 aliphatic carbocycles. The van der Waals surface area contributed by atoms with Gasteiger partial charge in [-0.25, -0.2) is 0 Å². The highest BCUT2D eigenvalue weighted by Crippen LogP contribution is 2.33. The summed E-state index contributed by atoms with van der Waals surface area (Å²) >= 11 is 0. The molecule has 2 unspecified atom stereocenters. The van der Waals surface area contributed by atoms with Crippen LogP contribution in [-0.2, 0) is 6.42 Å². The third-order valence-corrected chi connectivity index (χ3v) is 4.90. The third-order valence-electron chi connectivity index (χ3n) is 4.90. The second-order valence-electron chi connectivity index (χ2n) is 6.65. The number of nitrogens with one attached hydrogen (secondary N) is 2. The van der Waals surface area contributed by atoms with Crippen LogP contribution in [0.5, 0.6) is 0 Å². The van der Waals surface area contributed by atoms with E-state index in [1.54, 1.807) is 6.20 Å². The minimum atomic E-state index is -0.0471. The Balaban J connectivity index is 1.36. The number of benzene rings is 1. The SMILES string of the molecule is CCc1noc(C2CCC(NC(=O)c3ccc(-c4cn[nH]c4)cc3)C2)n1. The van der Waals surface area contributed by atoms with Crippen LogP contribution in [0.1, 0.15) is 54.2 Å². The molecule has 1 fully saturated rings. The number of amides is 1. The molecule has 1 amide bonds. The van der Waals surface area contributed by atoms with Crippen molar-refractivity contribution in [2.45, 2.75) is 44.6 Å². The van der Waals surface area contributed by atoms with Gasteiger partial charge in [0.1, 0.15) is 0 Å². The van der Waals surface area contributed by atoms with Crippen molar-refractivity contribution in [1.29, 1.82) is 0 Å². The van der Waals surface area contributed by atoms with E-state index in [1.807, 2.05) is 37.4 Å². The number of aromatic nitrogens is 4. The molecule has 0 spiro atoms. The zero-order valence-electron chi connectivity index (χ0n) is 14.6. The molecular formula is C19H21N5O2. The van der Waals surface area contributed by atoms with Crippen LogP contribution in [0.25, 0.3) is 11.1 Å². The number of carbonyl (C=O) groups is 1. The largest absolute Gasteiger partial charge is 0.349 e. The summed E-state index contributed by atoms with van der Waals surface area (Å²) in [5.74, 6) is 1.62. The number of hydrogen-bond acceptors (Lipinski definition) is 5. The van der Waals surface area contributed by atoms with E-state index < -0.39 is 0 Å². The van der Waals surface area contributed by atoms with Crippen LogP contribution in [0.15, 0.2) is 41.2 Å². The Labute approximate surface area is 151 Å². The molecular weight excluding hydrogens is 330 g/mol. The first-order chi connectivity index (χ1) is 12.7. The molecule has 3 aromatic rings. The first-order valence-electron chi connectivity index (χ1n) is 8.95. The molecule has 1 saturated carbocycles. The number of rotatable bonds is 5. The Morgan fingerprint density at radius 2 is 2.12 bits per heavy atom. The molecule has 26 heavy (non-hydrogen) atoms. The molecule has 1 aliphatic rings. The molecule has 7 nitrogen and oxygen atoms in total. The number of aryl methyl sites for hydroxylation is 1. The highest BCUT2D eigenvalue weighted by molar-refractivity contribution is 5.94. The van der Waals surface area contributed by atoms with Gasteiger partial charge in [-0.2, -0.15) is 10.1 Å². The fourth-order valence-corrected chi connectivity index (χ4v) is 3.41. The van der Waals surface area contributed by atoms with Crippen LogP contribution >= 0.6 is 0 Å². The number of H-pyrrole nitrogens is 1. The van der Waals surface area contributed by atoms with Gasteiger partial charge in [-0.15, -0.1) is 0 Å². The molecule has 2 aromatic heterocycles. The summed E-state index contributed by atoms with van der Waals surface area (Å²) in [6, 6.07) is 7.69. The van der Waals surface area contributed by atoms with Gasteiger partial charge in [0.2, 0.25) is 5.89 Å². The van der Waals surface area contributed by atoms with E-state index in [9.17, 15) is 4.79 Å². The normalized spacial score (nSPS) is 19.6. The maximum atomic E-state index is 12.5. The lowest BCUT2D eigenvalue weighted by Gasteiger charge is -2.12. The lowest BCUT2D eigenvalue weighted by molar-refractivity contribution is 0.0937. The summed E-state index contributed by atoms with van der Waals surface area (Å²) in [6.07, 6.45) is 7.07. The average Bonchev–Trinajstić information content (AvgIpc) is 3.42. The fourth-order valence-electron chi connectivity index (χ4n) is 3.41. The maximum absolute atomic E-state index is 12.5. The topological polar surface area (TPSA) is 96.7 Å². The van der Waals surface area contributed by atoms with E-state index in [2.05, 4.69) is 25.7 Å². The van der Waals surface area contributed by atoms with Gasteiger partial charge in [-0.3, -0.25) is 9.89 Å². The average molecular weight is 351 g/mol. The maximum Gasteiger partial charge on any atom is 0.251 e. The van der Waals surface area contributed by atoms with Gasteiger partial charge in [-0.1, -0.05) is 24.2 Å². The van der Waals surface area contributed by atoms with E-state index in [0.29, 0.717) is 11.5 Å².